The van der Waals surface area contributed by atoms with Gasteiger partial charge in [-0.15, -0.1) is 0 Å². The van der Waals surface area contributed by atoms with Crippen LogP contribution in [0.5, 0.6) is 0 Å². The molecule has 0 aliphatic heterocycles. The number of methoxy groups -OCH3 is 2. The Bertz CT molecular complexity index is 259. The summed E-state index contributed by atoms with van der Waals surface area (Å²) in [7, 11) is 3.04. The van der Waals surface area contributed by atoms with Crippen LogP contribution in [0.15, 0.2) is 0 Å². The van der Waals surface area contributed by atoms with Gasteiger partial charge in [-0.2, -0.15) is 0 Å². The lowest BCUT2D eigenvalue weighted by atomic mass is 10.0. The van der Waals surface area contributed by atoms with Crippen LogP contribution in [0, 0.1) is 5.92 Å². The molecule has 5 nitrogen and oxygen atoms in total. The molecule has 2 unspecified atom stereocenters. The van der Waals surface area contributed by atoms with Crippen molar-refractivity contribution >= 4 is 11.8 Å². The van der Waals surface area contributed by atoms with E-state index >= 15 is 0 Å². The minimum atomic E-state index is -0.426. The third kappa shape index (κ3) is 3.28. The molecule has 1 fully saturated rings. The lowest BCUT2D eigenvalue weighted by Crippen LogP contribution is -2.29. The van der Waals surface area contributed by atoms with Gasteiger partial charge in [0.1, 0.15) is 11.9 Å². The molecule has 16 heavy (non-hydrogen) atoms. The number of ether oxygens (including phenoxy) is 3. The van der Waals surface area contributed by atoms with Gasteiger partial charge in [0.2, 0.25) is 0 Å². The van der Waals surface area contributed by atoms with Crippen LogP contribution in [-0.4, -0.2) is 38.4 Å². The first-order valence-electron chi connectivity index (χ1n) is 5.34. The highest BCUT2D eigenvalue weighted by Crippen LogP contribution is 2.29. The first-order chi connectivity index (χ1) is 7.58. The second kappa shape index (κ2) is 5.96. The Morgan fingerprint density at radius 1 is 1.44 bits per heavy atom. The molecule has 0 bridgehead atoms. The smallest absolute Gasteiger partial charge is 0.302 e. The Labute approximate surface area is 95.0 Å². The molecular weight excluding hydrogens is 212 g/mol. The van der Waals surface area contributed by atoms with E-state index in [9.17, 15) is 9.59 Å². The molecule has 0 aromatic heterocycles. The van der Waals surface area contributed by atoms with Crippen molar-refractivity contribution in [2.24, 2.45) is 5.92 Å². The number of rotatable bonds is 5. The first kappa shape index (κ1) is 13.1. The van der Waals surface area contributed by atoms with Gasteiger partial charge in [0, 0.05) is 34.0 Å². The molecule has 0 N–H and O–H groups in total. The summed E-state index contributed by atoms with van der Waals surface area (Å²) in [5, 5.41) is 0. The standard InChI is InChI=1S/C11H18O5/c1-7(12)16-10-5-4-9(13)8(10)6-11(14-2)15-3/h8,10-11H,4-6H2,1-3H3. The van der Waals surface area contributed by atoms with Gasteiger partial charge in [0.15, 0.2) is 6.29 Å². The van der Waals surface area contributed by atoms with Crippen molar-refractivity contribution in [3.63, 3.8) is 0 Å². The molecule has 0 aromatic carbocycles. The average Bonchev–Trinajstić information content (AvgIpc) is 2.56. The van der Waals surface area contributed by atoms with E-state index in [1.54, 1.807) is 0 Å². The first-order valence-corrected chi connectivity index (χ1v) is 5.34. The van der Waals surface area contributed by atoms with E-state index in [1.807, 2.05) is 0 Å². The molecule has 1 rings (SSSR count). The summed E-state index contributed by atoms with van der Waals surface area (Å²) in [4.78, 5) is 22.5. The molecule has 0 radical (unpaired) electrons. The molecule has 0 amide bonds. The number of carbonyl (C=O) groups is 2. The molecule has 2 atom stereocenters. The van der Waals surface area contributed by atoms with E-state index in [1.165, 1.54) is 21.1 Å². The van der Waals surface area contributed by atoms with Crippen LogP contribution in [0.2, 0.25) is 0 Å². The maximum absolute atomic E-state index is 11.6. The van der Waals surface area contributed by atoms with E-state index in [0.717, 1.165) is 0 Å². The van der Waals surface area contributed by atoms with Crippen LogP contribution in [0.1, 0.15) is 26.2 Å². The molecule has 1 aliphatic rings. The molecule has 0 saturated heterocycles. The van der Waals surface area contributed by atoms with Crippen molar-refractivity contribution in [2.75, 3.05) is 14.2 Å². The monoisotopic (exact) mass is 230 g/mol. The number of hydrogen-bond acceptors (Lipinski definition) is 5. The van der Waals surface area contributed by atoms with Crippen LogP contribution < -0.4 is 0 Å². The van der Waals surface area contributed by atoms with E-state index in [4.69, 9.17) is 14.2 Å². The van der Waals surface area contributed by atoms with Gasteiger partial charge in [0.25, 0.3) is 0 Å². The van der Waals surface area contributed by atoms with E-state index in [2.05, 4.69) is 0 Å². The van der Waals surface area contributed by atoms with Crippen molar-refractivity contribution in [1.82, 2.24) is 0 Å². The molecule has 1 aliphatic carbocycles. The van der Waals surface area contributed by atoms with E-state index in [0.29, 0.717) is 19.3 Å². The molecule has 92 valence electrons. The van der Waals surface area contributed by atoms with E-state index < -0.39 is 6.29 Å². The van der Waals surface area contributed by atoms with Crippen LogP contribution >= 0.6 is 0 Å². The van der Waals surface area contributed by atoms with Gasteiger partial charge in [0.05, 0.1) is 5.92 Å². The Morgan fingerprint density at radius 3 is 2.56 bits per heavy atom. The number of esters is 1. The van der Waals surface area contributed by atoms with Crippen LogP contribution in [-0.2, 0) is 23.8 Å². The van der Waals surface area contributed by atoms with Crippen LogP contribution in [0.3, 0.4) is 0 Å². The quantitative estimate of drug-likeness (QED) is 0.519. The SMILES string of the molecule is COC(CC1C(=O)CCC1OC(C)=O)OC. The molecular formula is C11H18O5. The largest absolute Gasteiger partial charge is 0.462 e. The highest BCUT2D eigenvalue weighted by Gasteiger charge is 2.38. The topological polar surface area (TPSA) is 61.8 Å². The van der Waals surface area contributed by atoms with E-state index in [-0.39, 0.29) is 23.8 Å². The highest BCUT2D eigenvalue weighted by molar-refractivity contribution is 5.84. The normalized spacial score (nSPS) is 25.1. The van der Waals surface area contributed by atoms with Crippen molar-refractivity contribution in [3.05, 3.63) is 0 Å². The third-order valence-corrected chi connectivity index (χ3v) is 2.83. The van der Waals surface area contributed by atoms with Gasteiger partial charge < -0.3 is 14.2 Å². The Balaban J connectivity index is 2.58. The van der Waals surface area contributed by atoms with Gasteiger partial charge >= 0.3 is 5.97 Å². The Morgan fingerprint density at radius 2 is 2.06 bits per heavy atom. The average molecular weight is 230 g/mol. The van der Waals surface area contributed by atoms with Gasteiger partial charge in [-0.1, -0.05) is 0 Å². The Kier molecular flexibility index (Phi) is 4.89. The fourth-order valence-electron chi connectivity index (χ4n) is 2.01. The third-order valence-electron chi connectivity index (χ3n) is 2.83. The van der Waals surface area contributed by atoms with Crippen LogP contribution in [0.25, 0.3) is 0 Å². The summed E-state index contributed by atoms with van der Waals surface area (Å²) in [6.07, 6.45) is 0.748. The van der Waals surface area contributed by atoms with Gasteiger partial charge in [-0.3, -0.25) is 9.59 Å². The maximum atomic E-state index is 11.6. The molecule has 0 aromatic rings. The van der Waals surface area contributed by atoms with Crippen molar-refractivity contribution in [2.45, 2.75) is 38.6 Å². The summed E-state index contributed by atoms with van der Waals surface area (Å²) in [6.45, 7) is 1.35. The number of hydrogen-bond donors (Lipinski definition) is 0. The molecule has 1 saturated carbocycles. The second-order valence-corrected chi connectivity index (χ2v) is 3.90. The second-order valence-electron chi connectivity index (χ2n) is 3.90. The summed E-state index contributed by atoms with van der Waals surface area (Å²) in [5.74, 6) is -0.532. The predicted octanol–water partition coefficient (Wildman–Crippen LogP) is 0.906. The zero-order valence-electron chi connectivity index (χ0n) is 9.89. The van der Waals surface area contributed by atoms with Crippen molar-refractivity contribution < 1.29 is 23.8 Å². The zero-order chi connectivity index (χ0) is 12.1. The summed E-state index contributed by atoms with van der Waals surface area (Å²) in [6, 6.07) is 0. The maximum Gasteiger partial charge on any atom is 0.302 e. The lowest BCUT2D eigenvalue weighted by Gasteiger charge is -2.22. The van der Waals surface area contributed by atoms with Crippen LogP contribution in [0.4, 0.5) is 0 Å². The van der Waals surface area contributed by atoms with Crippen molar-refractivity contribution in [1.29, 1.82) is 0 Å². The zero-order valence-corrected chi connectivity index (χ0v) is 9.89. The fourth-order valence-corrected chi connectivity index (χ4v) is 2.01. The Hall–Kier alpha value is -0.940. The summed E-state index contributed by atoms with van der Waals surface area (Å²) in [5.41, 5.74) is 0. The molecule has 0 heterocycles. The van der Waals surface area contributed by atoms with Gasteiger partial charge in [-0.05, 0) is 6.42 Å². The number of carbonyl (C=O) groups excluding carboxylic acids is 2. The van der Waals surface area contributed by atoms with Gasteiger partial charge in [-0.25, -0.2) is 0 Å². The molecule has 0 spiro atoms. The predicted molar refractivity (Wildman–Crippen MR) is 55.7 cm³/mol. The highest BCUT2D eigenvalue weighted by atomic mass is 16.7. The van der Waals surface area contributed by atoms with Crippen molar-refractivity contribution in [3.8, 4) is 0 Å². The summed E-state index contributed by atoms with van der Waals surface area (Å²) >= 11 is 0. The number of ketones is 1. The minimum Gasteiger partial charge on any atom is -0.462 e. The minimum absolute atomic E-state index is 0.116. The molecule has 5 heteroatoms. The lowest BCUT2D eigenvalue weighted by molar-refractivity contribution is -0.154. The fraction of sp³-hybridized carbons (Fsp3) is 0.818. The number of Topliss-reactive ketones (excluding diaryl/α,β-unsaturated/α-hetero) is 1. The summed E-state index contributed by atoms with van der Waals surface area (Å²) < 4.78 is 15.2.